The summed E-state index contributed by atoms with van der Waals surface area (Å²) >= 11 is 0. The molecule has 1 heterocycles. The van der Waals surface area contributed by atoms with Crippen LogP contribution >= 0.6 is 0 Å². The number of esters is 1. The molecule has 0 saturated heterocycles. The zero-order chi connectivity index (χ0) is 19.4. The maximum absolute atomic E-state index is 11.9. The van der Waals surface area contributed by atoms with Crippen molar-refractivity contribution in [1.82, 2.24) is 4.90 Å². The van der Waals surface area contributed by atoms with Crippen molar-refractivity contribution >= 4 is 17.8 Å². The van der Waals surface area contributed by atoms with Crippen LogP contribution in [0, 0.1) is 0 Å². The number of amides is 1. The van der Waals surface area contributed by atoms with Crippen LogP contribution < -0.4 is 5.73 Å². The molecule has 2 N–H and O–H groups in total. The molecule has 0 aromatic carbocycles. The highest BCUT2D eigenvalue weighted by molar-refractivity contribution is 5.93. The second-order valence-electron chi connectivity index (χ2n) is 5.96. The average Bonchev–Trinajstić information content (AvgIpc) is 2.55. The molecule has 1 aliphatic heterocycles. The summed E-state index contributed by atoms with van der Waals surface area (Å²) in [5.74, 6) is -1.63. The lowest BCUT2D eigenvalue weighted by Crippen LogP contribution is -2.39. The summed E-state index contributed by atoms with van der Waals surface area (Å²) in [6.45, 7) is -2.98. The molecule has 6 nitrogen and oxygen atoms in total. The summed E-state index contributed by atoms with van der Waals surface area (Å²) < 4.78 is 27.6. The van der Waals surface area contributed by atoms with Crippen molar-refractivity contribution < 1.29 is 18.4 Å². The Bertz CT molecular complexity index is 482. The maximum atomic E-state index is 11.9. The van der Waals surface area contributed by atoms with E-state index in [1.807, 2.05) is 0 Å². The summed E-state index contributed by atoms with van der Waals surface area (Å²) in [6, 6.07) is 0. The van der Waals surface area contributed by atoms with Crippen molar-refractivity contribution in [3.8, 4) is 0 Å². The molecule has 0 aliphatic carbocycles. The monoisotopic (exact) mass is 328 g/mol. The fraction of sp³-hybridized carbons (Fsp3) is 0.824. The lowest BCUT2D eigenvalue weighted by molar-refractivity contribution is -0.144. The summed E-state index contributed by atoms with van der Waals surface area (Å²) in [4.78, 5) is 28.1. The number of cyclic esters (lactones) is 1. The van der Waals surface area contributed by atoms with E-state index in [0.29, 0.717) is 11.3 Å². The number of carbonyl (C=O) groups excluding carboxylic acids is 2. The Kier molecular flexibility index (Phi) is 7.75. The maximum Gasteiger partial charge on any atom is 0.325 e. The third-order valence-corrected chi connectivity index (χ3v) is 3.85. The first-order valence-electron chi connectivity index (χ1n) is 10.1. The zero-order valence-corrected chi connectivity index (χ0v) is 13.9. The van der Waals surface area contributed by atoms with Crippen molar-refractivity contribution in [1.29, 1.82) is 0 Å². The molecule has 0 radical (unpaired) electrons. The van der Waals surface area contributed by atoms with E-state index in [2.05, 4.69) is 4.99 Å². The molecule has 0 spiro atoms. The first-order chi connectivity index (χ1) is 12.3. The van der Waals surface area contributed by atoms with Crippen molar-refractivity contribution in [3.63, 3.8) is 0 Å². The highest BCUT2D eigenvalue weighted by Gasteiger charge is 2.11. The van der Waals surface area contributed by atoms with Crippen molar-refractivity contribution in [3.05, 3.63) is 0 Å². The molecule has 0 atom stereocenters. The van der Waals surface area contributed by atoms with Crippen LogP contribution in [0.3, 0.4) is 0 Å². The Morgan fingerprint density at radius 1 is 1.00 bits per heavy atom. The number of carbonyl (C=O) groups is 2. The van der Waals surface area contributed by atoms with Crippen molar-refractivity contribution in [2.24, 2.45) is 10.7 Å². The van der Waals surface area contributed by atoms with E-state index < -0.39 is 31.4 Å². The largest absolute Gasteiger partial charge is 0.464 e. The fourth-order valence-corrected chi connectivity index (χ4v) is 2.48. The Morgan fingerprint density at radius 2 is 1.57 bits per heavy atom. The zero-order valence-electron chi connectivity index (χ0n) is 16.9. The molecule has 23 heavy (non-hydrogen) atoms. The number of nitrogens with two attached hydrogens (primary N) is 1. The fourth-order valence-electron chi connectivity index (χ4n) is 2.48. The molecule has 0 aromatic rings. The molecule has 0 aromatic heterocycles. The topological polar surface area (TPSA) is 85.0 Å². The highest BCUT2D eigenvalue weighted by atomic mass is 16.5. The Hall–Kier alpha value is -1.59. The summed E-state index contributed by atoms with van der Waals surface area (Å²) in [7, 11) is 0. The van der Waals surface area contributed by atoms with Gasteiger partial charge >= 0.3 is 5.97 Å². The van der Waals surface area contributed by atoms with Gasteiger partial charge < -0.3 is 15.4 Å². The molecular formula is C17H31N3O3. The number of guanidine groups is 1. The first kappa shape index (κ1) is 15.0. The van der Waals surface area contributed by atoms with Gasteiger partial charge in [-0.1, -0.05) is 51.4 Å². The Labute approximate surface area is 143 Å². The lowest BCUT2D eigenvalue weighted by Gasteiger charge is -2.16. The van der Waals surface area contributed by atoms with Gasteiger partial charge in [-0.25, -0.2) is 0 Å². The van der Waals surface area contributed by atoms with E-state index in [0.717, 1.165) is 38.5 Å². The van der Waals surface area contributed by atoms with Gasteiger partial charge in [0.05, 0.1) is 6.61 Å². The SMILES string of the molecule is [2H]C([2H])([2H])N1CC(=O)OCCCCCCCCCCCCC(=O)N=C1N. The molecule has 0 fully saturated rings. The van der Waals surface area contributed by atoms with Crippen LogP contribution in [-0.2, 0) is 14.3 Å². The smallest absolute Gasteiger partial charge is 0.325 e. The van der Waals surface area contributed by atoms with Gasteiger partial charge in [-0.05, 0) is 12.8 Å². The van der Waals surface area contributed by atoms with E-state index in [9.17, 15) is 9.59 Å². The molecule has 1 aliphatic rings. The van der Waals surface area contributed by atoms with E-state index in [-0.39, 0.29) is 13.0 Å². The first-order valence-corrected chi connectivity index (χ1v) is 8.61. The second kappa shape index (κ2) is 11.9. The van der Waals surface area contributed by atoms with Gasteiger partial charge in [0.1, 0.15) is 6.54 Å². The quantitative estimate of drug-likeness (QED) is 0.691. The van der Waals surface area contributed by atoms with Crippen molar-refractivity contribution in [2.75, 3.05) is 20.1 Å². The standard InChI is InChI=1S/C17H31N3O3/c1-20-14-16(22)23-13-11-9-7-5-3-2-4-6-8-10-12-15(21)19-17(20)18/h2-14H2,1H3,(H2,18,19,21)/i1D3. The van der Waals surface area contributed by atoms with Gasteiger partial charge in [-0.15, -0.1) is 0 Å². The van der Waals surface area contributed by atoms with E-state index in [4.69, 9.17) is 14.6 Å². The van der Waals surface area contributed by atoms with E-state index >= 15 is 0 Å². The molecule has 0 saturated carbocycles. The summed E-state index contributed by atoms with van der Waals surface area (Å²) in [5.41, 5.74) is 5.68. The lowest BCUT2D eigenvalue weighted by atomic mass is 10.1. The molecule has 1 rings (SSSR count). The number of hydrogen-bond acceptors (Lipinski definition) is 5. The van der Waals surface area contributed by atoms with Gasteiger partial charge in [-0.3, -0.25) is 9.59 Å². The average molecular weight is 328 g/mol. The molecule has 6 heteroatoms. The minimum atomic E-state index is -2.67. The third-order valence-electron chi connectivity index (χ3n) is 3.85. The Morgan fingerprint density at radius 3 is 2.17 bits per heavy atom. The molecule has 0 bridgehead atoms. The number of rotatable bonds is 0. The molecule has 132 valence electrons. The van der Waals surface area contributed by atoms with Gasteiger partial charge in [0.25, 0.3) is 0 Å². The summed E-state index contributed by atoms with van der Waals surface area (Å²) in [6.07, 6.45) is 10.5. The number of aliphatic imine (C=N–C) groups is 1. The predicted molar refractivity (Wildman–Crippen MR) is 91.0 cm³/mol. The second-order valence-corrected chi connectivity index (χ2v) is 5.96. The summed E-state index contributed by atoms with van der Waals surface area (Å²) in [5, 5.41) is 0. The van der Waals surface area contributed by atoms with Crippen LogP contribution in [0.1, 0.15) is 74.7 Å². The molecular weight excluding hydrogens is 294 g/mol. The highest BCUT2D eigenvalue weighted by Crippen LogP contribution is 2.12. The van der Waals surface area contributed by atoms with Crippen LogP contribution in [0.15, 0.2) is 4.99 Å². The van der Waals surface area contributed by atoms with Crippen LogP contribution in [0.25, 0.3) is 0 Å². The minimum Gasteiger partial charge on any atom is -0.464 e. The van der Waals surface area contributed by atoms with Gasteiger partial charge in [0.2, 0.25) is 5.91 Å². The van der Waals surface area contributed by atoms with Gasteiger partial charge in [-0.2, -0.15) is 4.99 Å². The predicted octanol–water partition coefficient (Wildman–Crippen LogP) is 2.61. The van der Waals surface area contributed by atoms with E-state index in [1.54, 1.807) is 0 Å². The van der Waals surface area contributed by atoms with Crippen LogP contribution in [0.2, 0.25) is 0 Å². The third kappa shape index (κ3) is 9.92. The van der Waals surface area contributed by atoms with Crippen LogP contribution in [0.5, 0.6) is 0 Å². The minimum absolute atomic E-state index is 0.222. The number of likely N-dealkylation sites (N-methyl/N-ethyl adjacent to an activating group) is 1. The number of nitrogens with zero attached hydrogens (tertiary/aromatic N) is 2. The number of ether oxygens (including phenoxy) is 1. The molecule has 1 amide bonds. The number of hydrogen-bond donors (Lipinski definition) is 1. The van der Waals surface area contributed by atoms with Gasteiger partial charge in [0, 0.05) is 17.5 Å². The molecule has 0 unspecified atom stereocenters. The van der Waals surface area contributed by atoms with E-state index in [1.165, 1.54) is 19.3 Å². The Balaban J connectivity index is 2.72. The van der Waals surface area contributed by atoms with Crippen LogP contribution in [-0.4, -0.2) is 42.9 Å². The van der Waals surface area contributed by atoms with Gasteiger partial charge in [0.15, 0.2) is 5.96 Å². The van der Waals surface area contributed by atoms with Crippen molar-refractivity contribution in [2.45, 2.75) is 70.6 Å². The normalized spacial score (nSPS) is 24.1. The van der Waals surface area contributed by atoms with Crippen LogP contribution in [0.4, 0.5) is 0 Å².